The van der Waals surface area contributed by atoms with E-state index in [9.17, 15) is 13.2 Å². The molecule has 0 radical (unpaired) electrons. The Morgan fingerprint density at radius 2 is 1.97 bits per heavy atom. The van der Waals surface area contributed by atoms with Gasteiger partial charge in [0.1, 0.15) is 10.4 Å². The zero-order chi connectivity index (χ0) is 22.7. The van der Waals surface area contributed by atoms with Crippen molar-refractivity contribution in [1.82, 2.24) is 19.3 Å². The van der Waals surface area contributed by atoms with Gasteiger partial charge in [-0.05, 0) is 12.1 Å². The summed E-state index contributed by atoms with van der Waals surface area (Å²) >= 11 is 0. The van der Waals surface area contributed by atoms with Gasteiger partial charge in [0.25, 0.3) is 22.4 Å². The summed E-state index contributed by atoms with van der Waals surface area (Å²) < 4.78 is 33.4. The Labute approximate surface area is 182 Å². The number of carboxylic acid groups (broad SMARTS) is 1. The van der Waals surface area contributed by atoms with Crippen LogP contribution in [0.1, 0.15) is 0 Å². The van der Waals surface area contributed by atoms with Gasteiger partial charge in [-0.3, -0.25) is 14.6 Å². The number of carbonyl (C=O) groups is 2. The van der Waals surface area contributed by atoms with Crippen molar-refractivity contribution in [3.05, 3.63) is 36.8 Å². The molecule has 0 bridgehead atoms. The largest absolute Gasteiger partial charge is 0.483 e. The van der Waals surface area contributed by atoms with Crippen molar-refractivity contribution < 1.29 is 27.9 Å². The molecule has 5 heterocycles. The zero-order valence-electron chi connectivity index (χ0n) is 16.8. The van der Waals surface area contributed by atoms with E-state index in [1.807, 2.05) is 0 Å². The number of aromatic nitrogens is 3. The topological polar surface area (TPSA) is 156 Å². The van der Waals surface area contributed by atoms with Gasteiger partial charge >= 0.3 is 0 Å². The third-order valence-electron chi connectivity index (χ3n) is 4.96. The highest BCUT2D eigenvalue weighted by atomic mass is 32.2. The fourth-order valence-electron chi connectivity index (χ4n) is 3.55. The highest BCUT2D eigenvalue weighted by Gasteiger charge is 2.27. The summed E-state index contributed by atoms with van der Waals surface area (Å²) in [5.41, 5.74) is 1.90. The van der Waals surface area contributed by atoms with Gasteiger partial charge in [0, 0.05) is 44.6 Å². The number of rotatable bonds is 3. The Bertz CT molecular complexity index is 1270. The molecule has 5 rings (SSSR count). The van der Waals surface area contributed by atoms with Gasteiger partial charge in [-0.1, -0.05) is 0 Å². The van der Waals surface area contributed by atoms with Gasteiger partial charge in [0.2, 0.25) is 0 Å². The van der Waals surface area contributed by atoms with E-state index in [-0.39, 0.29) is 35.4 Å². The number of carbonyl (C=O) groups excluding carboxylic acids is 1. The molecule has 2 aliphatic heterocycles. The molecule has 0 saturated carbocycles. The lowest BCUT2D eigenvalue weighted by atomic mass is 10.3. The first kappa shape index (κ1) is 21.5. The average Bonchev–Trinajstić information content (AvgIpc) is 3.20. The smallest absolute Gasteiger partial charge is 0.290 e. The number of piperazine rings is 1. The van der Waals surface area contributed by atoms with Crippen LogP contribution in [0.3, 0.4) is 0 Å². The third kappa shape index (κ3) is 3.94. The number of fused-ring (bicyclic) bond motifs is 2. The Morgan fingerprint density at radius 3 is 2.72 bits per heavy atom. The molecule has 0 aliphatic carbocycles. The van der Waals surface area contributed by atoms with Crippen LogP contribution in [0.25, 0.3) is 11.0 Å². The van der Waals surface area contributed by atoms with Crippen molar-refractivity contribution in [2.24, 2.45) is 0 Å². The van der Waals surface area contributed by atoms with Crippen LogP contribution in [-0.4, -0.2) is 72.6 Å². The number of ether oxygens (including phenoxy) is 1. The van der Waals surface area contributed by atoms with Crippen LogP contribution in [-0.2, 0) is 19.6 Å². The standard InChI is InChI=1S/C18H18N6O4S.CH2O2/c25-16-11-28-15-8-12(9-21-18(15)22-16)29(26,27)24-10-14(23-6-4-19-5-7-23)17-13(24)2-1-3-20-17;2-1-3/h1-3,8-10,19H,4-7,11H2,(H,21,22,25);1H,(H,2,3). The number of nitrogens with one attached hydrogen (secondary N) is 2. The molecule has 32 heavy (non-hydrogen) atoms. The Hall–Kier alpha value is -3.71. The van der Waals surface area contributed by atoms with E-state index in [1.165, 1.54) is 16.2 Å². The molecule has 13 heteroatoms. The summed E-state index contributed by atoms with van der Waals surface area (Å²) in [5, 5.41) is 12.7. The summed E-state index contributed by atoms with van der Waals surface area (Å²) in [6, 6.07) is 4.82. The van der Waals surface area contributed by atoms with Crippen LogP contribution >= 0.6 is 0 Å². The number of anilines is 2. The number of hydrogen-bond acceptors (Lipinski definition) is 9. The van der Waals surface area contributed by atoms with Gasteiger partial charge in [0.15, 0.2) is 18.2 Å². The number of hydrogen-bond donors (Lipinski definition) is 3. The van der Waals surface area contributed by atoms with E-state index < -0.39 is 10.0 Å². The monoisotopic (exact) mass is 460 g/mol. The van der Waals surface area contributed by atoms with E-state index in [0.717, 1.165) is 31.9 Å². The van der Waals surface area contributed by atoms with Crippen LogP contribution < -0.4 is 20.3 Å². The van der Waals surface area contributed by atoms with Crippen molar-refractivity contribution in [3.63, 3.8) is 0 Å². The molecular formula is C19H20N6O6S. The minimum atomic E-state index is -3.95. The maximum atomic E-state index is 13.4. The van der Waals surface area contributed by atoms with E-state index in [4.69, 9.17) is 14.6 Å². The van der Waals surface area contributed by atoms with Crippen molar-refractivity contribution in [3.8, 4) is 5.75 Å². The molecule has 3 N–H and O–H groups in total. The number of amides is 1. The highest BCUT2D eigenvalue weighted by Crippen LogP contribution is 2.33. The lowest BCUT2D eigenvalue weighted by molar-refractivity contribution is -0.123. The molecule has 1 fully saturated rings. The van der Waals surface area contributed by atoms with E-state index in [2.05, 4.69) is 25.5 Å². The summed E-state index contributed by atoms with van der Waals surface area (Å²) in [6.07, 6.45) is 4.48. The molecule has 0 aromatic carbocycles. The van der Waals surface area contributed by atoms with Gasteiger partial charge < -0.3 is 25.4 Å². The lowest BCUT2D eigenvalue weighted by Crippen LogP contribution is -2.43. The Morgan fingerprint density at radius 1 is 1.22 bits per heavy atom. The average molecular weight is 460 g/mol. The predicted octanol–water partition coefficient (Wildman–Crippen LogP) is 0.110. The van der Waals surface area contributed by atoms with Gasteiger partial charge in [-0.25, -0.2) is 17.4 Å². The number of nitrogens with zero attached hydrogens (tertiary/aromatic N) is 4. The molecule has 3 aromatic heterocycles. The molecule has 12 nitrogen and oxygen atoms in total. The summed E-state index contributed by atoms with van der Waals surface area (Å²) in [7, 11) is -3.95. The van der Waals surface area contributed by atoms with Crippen molar-refractivity contribution in [1.29, 1.82) is 0 Å². The fraction of sp³-hybridized carbons (Fsp3) is 0.263. The molecule has 168 valence electrons. The van der Waals surface area contributed by atoms with E-state index in [0.29, 0.717) is 11.0 Å². The maximum absolute atomic E-state index is 13.4. The van der Waals surface area contributed by atoms with Crippen molar-refractivity contribution in [2.75, 3.05) is 43.0 Å². The zero-order valence-corrected chi connectivity index (χ0v) is 17.6. The first-order valence-electron chi connectivity index (χ1n) is 9.63. The first-order valence-corrected chi connectivity index (χ1v) is 11.1. The summed E-state index contributed by atoms with van der Waals surface area (Å²) in [4.78, 5) is 30.4. The molecule has 3 aromatic rings. The first-order chi connectivity index (χ1) is 15.5. The summed E-state index contributed by atoms with van der Waals surface area (Å²) in [6.45, 7) is 2.75. The normalized spacial score (nSPS) is 15.8. The van der Waals surface area contributed by atoms with Crippen LogP contribution in [0.15, 0.2) is 41.7 Å². The lowest BCUT2D eigenvalue weighted by Gasteiger charge is -2.28. The fourth-order valence-corrected chi connectivity index (χ4v) is 4.86. The molecule has 0 atom stereocenters. The molecule has 1 saturated heterocycles. The maximum Gasteiger partial charge on any atom is 0.290 e. The van der Waals surface area contributed by atoms with E-state index in [1.54, 1.807) is 24.5 Å². The third-order valence-corrected chi connectivity index (χ3v) is 6.60. The van der Waals surface area contributed by atoms with Crippen LogP contribution in [0.4, 0.5) is 11.5 Å². The molecule has 1 amide bonds. The Kier molecular flexibility index (Phi) is 5.92. The number of pyridine rings is 2. The van der Waals surface area contributed by atoms with Crippen molar-refractivity contribution >= 4 is 44.9 Å². The molecule has 0 unspecified atom stereocenters. The Balaban J connectivity index is 0.000000775. The van der Waals surface area contributed by atoms with Gasteiger partial charge in [-0.2, -0.15) is 0 Å². The SMILES string of the molecule is O=C1COc2cc(S(=O)(=O)n3cc(N4CCNCC4)c4ncccc43)cnc2N1.O=CO. The van der Waals surface area contributed by atoms with Gasteiger partial charge in [0.05, 0.1) is 17.4 Å². The quantitative estimate of drug-likeness (QED) is 0.459. The highest BCUT2D eigenvalue weighted by molar-refractivity contribution is 7.90. The van der Waals surface area contributed by atoms with Crippen LogP contribution in [0.5, 0.6) is 5.75 Å². The van der Waals surface area contributed by atoms with Crippen molar-refractivity contribution in [2.45, 2.75) is 4.90 Å². The minimum Gasteiger partial charge on any atom is -0.483 e. The molecule has 2 aliphatic rings. The molecule has 0 spiro atoms. The predicted molar refractivity (Wildman–Crippen MR) is 114 cm³/mol. The molecular weight excluding hydrogens is 440 g/mol. The van der Waals surface area contributed by atoms with Crippen LogP contribution in [0.2, 0.25) is 0 Å². The second-order valence-corrected chi connectivity index (χ2v) is 8.70. The second-order valence-electron chi connectivity index (χ2n) is 6.88. The van der Waals surface area contributed by atoms with E-state index >= 15 is 0 Å². The minimum absolute atomic E-state index is 0.0278. The summed E-state index contributed by atoms with van der Waals surface area (Å²) in [5.74, 6) is 0.104. The second kappa shape index (κ2) is 8.80. The van der Waals surface area contributed by atoms with Crippen LogP contribution in [0, 0.1) is 0 Å². The van der Waals surface area contributed by atoms with Gasteiger partial charge in [-0.15, -0.1) is 0 Å².